The molecule has 2 aromatic carbocycles. The Bertz CT molecular complexity index is 824. The van der Waals surface area contributed by atoms with Gasteiger partial charge in [0.2, 0.25) is 0 Å². The second-order valence-corrected chi connectivity index (χ2v) is 5.98. The number of carbonyl (C=O) groups excluding carboxylic acids is 1. The van der Waals surface area contributed by atoms with Gasteiger partial charge in [-0.3, -0.25) is 4.79 Å². The first-order chi connectivity index (χ1) is 11.7. The Labute approximate surface area is 142 Å². The number of rotatable bonds is 6. The summed E-state index contributed by atoms with van der Waals surface area (Å²) < 4.78 is 5.17. The normalized spacial score (nSPS) is 10.9. The Kier molecular flexibility index (Phi) is 4.96. The number of nitrogens with one attached hydrogen (secondary N) is 1. The molecule has 0 bridgehead atoms. The van der Waals surface area contributed by atoms with Crippen LogP contribution >= 0.6 is 0 Å². The third-order valence-corrected chi connectivity index (χ3v) is 4.08. The van der Waals surface area contributed by atoms with E-state index in [9.17, 15) is 4.79 Å². The average molecular weight is 322 g/mol. The van der Waals surface area contributed by atoms with Crippen molar-refractivity contribution in [1.82, 2.24) is 9.88 Å². The molecule has 3 aromatic rings. The van der Waals surface area contributed by atoms with Gasteiger partial charge in [-0.15, -0.1) is 0 Å². The number of ether oxygens (including phenoxy) is 1. The van der Waals surface area contributed by atoms with Crippen molar-refractivity contribution < 1.29 is 9.53 Å². The van der Waals surface area contributed by atoms with Crippen molar-refractivity contribution in [3.8, 4) is 0 Å². The maximum Gasteiger partial charge on any atom is 0.270 e. The van der Waals surface area contributed by atoms with Gasteiger partial charge in [-0.2, -0.15) is 0 Å². The molecule has 0 atom stereocenters. The summed E-state index contributed by atoms with van der Waals surface area (Å²) in [4.78, 5) is 18.0. The quantitative estimate of drug-likeness (QED) is 0.751. The van der Waals surface area contributed by atoms with Crippen LogP contribution in [0.3, 0.4) is 0 Å². The molecule has 0 unspecified atom stereocenters. The first kappa shape index (κ1) is 16.3. The van der Waals surface area contributed by atoms with Crippen molar-refractivity contribution in [2.24, 2.45) is 0 Å². The van der Waals surface area contributed by atoms with Crippen LogP contribution in [0.5, 0.6) is 0 Å². The molecule has 0 fully saturated rings. The maximum atomic E-state index is 12.9. The summed E-state index contributed by atoms with van der Waals surface area (Å²) in [5.74, 6) is -0.00949. The fourth-order valence-electron chi connectivity index (χ4n) is 2.78. The lowest BCUT2D eigenvalue weighted by Gasteiger charge is -2.22. The summed E-state index contributed by atoms with van der Waals surface area (Å²) in [6, 6.07) is 18.1. The Morgan fingerprint density at radius 2 is 1.92 bits per heavy atom. The lowest BCUT2D eigenvalue weighted by atomic mass is 10.2. The van der Waals surface area contributed by atoms with Gasteiger partial charge in [0.15, 0.2) is 0 Å². The predicted molar refractivity (Wildman–Crippen MR) is 96.1 cm³/mol. The number of methoxy groups -OCH3 is 1. The van der Waals surface area contributed by atoms with Gasteiger partial charge in [0.1, 0.15) is 5.69 Å². The van der Waals surface area contributed by atoms with Crippen LogP contribution in [0.1, 0.15) is 21.6 Å². The molecule has 1 heterocycles. The van der Waals surface area contributed by atoms with Gasteiger partial charge in [0.05, 0.1) is 6.61 Å². The number of amides is 1. The van der Waals surface area contributed by atoms with E-state index in [2.05, 4.69) is 17.1 Å². The van der Waals surface area contributed by atoms with Gasteiger partial charge in [-0.05, 0) is 30.2 Å². The minimum absolute atomic E-state index is 0.00949. The van der Waals surface area contributed by atoms with E-state index in [0.717, 1.165) is 16.5 Å². The molecule has 124 valence electrons. The molecule has 0 aliphatic carbocycles. The van der Waals surface area contributed by atoms with Crippen LogP contribution in [0.2, 0.25) is 0 Å². The van der Waals surface area contributed by atoms with E-state index >= 15 is 0 Å². The molecule has 0 aliphatic heterocycles. The summed E-state index contributed by atoms with van der Waals surface area (Å²) >= 11 is 0. The van der Waals surface area contributed by atoms with Crippen molar-refractivity contribution in [3.05, 3.63) is 71.4 Å². The van der Waals surface area contributed by atoms with Gasteiger partial charge < -0.3 is 14.6 Å². The lowest BCUT2D eigenvalue weighted by Crippen LogP contribution is -2.33. The molecule has 24 heavy (non-hydrogen) atoms. The number of aryl methyl sites for hydroxylation is 1. The van der Waals surface area contributed by atoms with Crippen molar-refractivity contribution >= 4 is 16.8 Å². The van der Waals surface area contributed by atoms with Crippen molar-refractivity contribution in [2.75, 3.05) is 20.3 Å². The zero-order valence-corrected chi connectivity index (χ0v) is 14.1. The molecule has 3 rings (SSSR count). The molecule has 1 amide bonds. The largest absolute Gasteiger partial charge is 0.383 e. The smallest absolute Gasteiger partial charge is 0.270 e. The number of H-pyrrole nitrogens is 1. The number of aromatic amines is 1. The van der Waals surface area contributed by atoms with Crippen LogP contribution in [0.4, 0.5) is 0 Å². The van der Waals surface area contributed by atoms with E-state index in [1.54, 1.807) is 7.11 Å². The van der Waals surface area contributed by atoms with Gasteiger partial charge in [0, 0.05) is 31.1 Å². The first-order valence-electron chi connectivity index (χ1n) is 8.09. The Morgan fingerprint density at radius 3 is 2.67 bits per heavy atom. The summed E-state index contributed by atoms with van der Waals surface area (Å²) in [6.45, 7) is 3.68. The SMILES string of the molecule is COCCN(Cc1ccccc1)C(=O)c1cc2ccc(C)cc2[nH]1. The number of aromatic nitrogens is 1. The maximum absolute atomic E-state index is 12.9. The molecule has 1 N–H and O–H groups in total. The standard InChI is InChI=1S/C20H22N2O2/c1-15-8-9-17-13-19(21-18(17)12-15)20(23)22(10-11-24-2)14-16-6-4-3-5-7-16/h3-9,12-13,21H,10-11,14H2,1-2H3. The monoisotopic (exact) mass is 322 g/mol. The number of carbonyl (C=O) groups is 1. The van der Waals surface area contributed by atoms with Crippen molar-refractivity contribution in [3.63, 3.8) is 0 Å². The summed E-state index contributed by atoms with van der Waals surface area (Å²) in [5.41, 5.74) is 3.88. The van der Waals surface area contributed by atoms with Gasteiger partial charge in [-0.25, -0.2) is 0 Å². The highest BCUT2D eigenvalue weighted by molar-refractivity contribution is 5.98. The molecule has 4 nitrogen and oxygen atoms in total. The van der Waals surface area contributed by atoms with E-state index in [4.69, 9.17) is 4.74 Å². The average Bonchev–Trinajstić information content (AvgIpc) is 3.02. The molecule has 0 saturated carbocycles. The first-order valence-corrected chi connectivity index (χ1v) is 8.09. The molecular formula is C20H22N2O2. The van der Waals surface area contributed by atoms with E-state index in [0.29, 0.717) is 25.4 Å². The number of hydrogen-bond donors (Lipinski definition) is 1. The zero-order valence-electron chi connectivity index (χ0n) is 14.1. The molecular weight excluding hydrogens is 300 g/mol. The Balaban J connectivity index is 1.85. The summed E-state index contributed by atoms with van der Waals surface area (Å²) in [7, 11) is 1.65. The van der Waals surface area contributed by atoms with Crippen LogP contribution in [-0.2, 0) is 11.3 Å². The van der Waals surface area contributed by atoms with Crippen LogP contribution in [0.15, 0.2) is 54.6 Å². The fourth-order valence-corrected chi connectivity index (χ4v) is 2.78. The minimum Gasteiger partial charge on any atom is -0.383 e. The summed E-state index contributed by atoms with van der Waals surface area (Å²) in [6.07, 6.45) is 0. The number of benzene rings is 2. The number of hydrogen-bond acceptors (Lipinski definition) is 2. The molecule has 0 aliphatic rings. The molecule has 4 heteroatoms. The topological polar surface area (TPSA) is 45.3 Å². The van der Waals surface area contributed by atoms with Gasteiger partial charge >= 0.3 is 0 Å². The van der Waals surface area contributed by atoms with Gasteiger partial charge in [-0.1, -0.05) is 42.5 Å². The zero-order chi connectivity index (χ0) is 16.9. The van der Waals surface area contributed by atoms with E-state index < -0.39 is 0 Å². The number of nitrogens with zero attached hydrogens (tertiary/aromatic N) is 1. The third kappa shape index (κ3) is 3.66. The molecule has 0 radical (unpaired) electrons. The second-order valence-electron chi connectivity index (χ2n) is 5.98. The van der Waals surface area contributed by atoms with Crippen LogP contribution in [-0.4, -0.2) is 36.1 Å². The Hall–Kier alpha value is -2.59. The highest BCUT2D eigenvalue weighted by Crippen LogP contribution is 2.19. The Morgan fingerprint density at radius 1 is 1.12 bits per heavy atom. The van der Waals surface area contributed by atoms with Crippen molar-refractivity contribution in [1.29, 1.82) is 0 Å². The number of fused-ring (bicyclic) bond motifs is 1. The minimum atomic E-state index is -0.00949. The van der Waals surface area contributed by atoms with Crippen LogP contribution < -0.4 is 0 Å². The van der Waals surface area contributed by atoms with Crippen molar-refractivity contribution in [2.45, 2.75) is 13.5 Å². The fraction of sp³-hybridized carbons (Fsp3) is 0.250. The lowest BCUT2D eigenvalue weighted by molar-refractivity contribution is 0.0675. The highest BCUT2D eigenvalue weighted by Gasteiger charge is 2.18. The van der Waals surface area contributed by atoms with E-state index in [1.807, 2.05) is 54.3 Å². The third-order valence-electron chi connectivity index (χ3n) is 4.08. The molecule has 0 spiro atoms. The highest BCUT2D eigenvalue weighted by atomic mass is 16.5. The van der Waals surface area contributed by atoms with E-state index in [-0.39, 0.29) is 5.91 Å². The summed E-state index contributed by atoms with van der Waals surface area (Å²) in [5, 5.41) is 1.05. The molecule has 0 saturated heterocycles. The molecule has 1 aromatic heterocycles. The predicted octanol–water partition coefficient (Wildman–Crippen LogP) is 3.77. The van der Waals surface area contributed by atoms with E-state index in [1.165, 1.54) is 5.56 Å². The van der Waals surface area contributed by atoms with Crippen LogP contribution in [0.25, 0.3) is 10.9 Å². The van der Waals surface area contributed by atoms with Crippen LogP contribution in [0, 0.1) is 6.92 Å². The second kappa shape index (κ2) is 7.32. The van der Waals surface area contributed by atoms with Gasteiger partial charge in [0.25, 0.3) is 5.91 Å².